The summed E-state index contributed by atoms with van der Waals surface area (Å²) in [5.41, 5.74) is 0.940. The molecule has 3 aromatic rings. The lowest BCUT2D eigenvalue weighted by atomic mass is 10.2. The molecule has 0 aromatic carbocycles. The van der Waals surface area contributed by atoms with Crippen LogP contribution in [-0.4, -0.2) is 14.5 Å². The average Bonchev–Trinajstić information content (AvgIpc) is 2.92. The molecule has 0 fully saturated rings. The van der Waals surface area contributed by atoms with Crippen molar-refractivity contribution < 1.29 is 5.11 Å². The van der Waals surface area contributed by atoms with Crippen molar-refractivity contribution in [1.82, 2.24) is 9.38 Å². The fraction of sp³-hybridized carbons (Fsp3) is 0.250. The van der Waals surface area contributed by atoms with E-state index in [0.29, 0.717) is 6.42 Å². The number of aliphatic hydroxyl groups excluding tert-OH is 1. The molecule has 0 saturated heterocycles. The highest BCUT2D eigenvalue weighted by molar-refractivity contribution is 7.15. The summed E-state index contributed by atoms with van der Waals surface area (Å²) in [6, 6.07) is 4.03. The molecule has 0 aliphatic heterocycles. The van der Waals surface area contributed by atoms with Crippen molar-refractivity contribution in [3.05, 3.63) is 45.4 Å². The van der Waals surface area contributed by atoms with E-state index in [1.54, 1.807) is 22.7 Å². The third-order valence-corrected chi connectivity index (χ3v) is 4.51. The summed E-state index contributed by atoms with van der Waals surface area (Å²) in [4.78, 5) is 7.69. The Morgan fingerprint density at radius 1 is 1.47 bits per heavy atom. The molecule has 5 heteroatoms. The van der Waals surface area contributed by atoms with Gasteiger partial charge in [0, 0.05) is 33.9 Å². The number of nitrogens with zero attached hydrogens (tertiary/aromatic N) is 2. The van der Waals surface area contributed by atoms with Gasteiger partial charge >= 0.3 is 0 Å². The zero-order valence-corrected chi connectivity index (χ0v) is 11.0. The van der Waals surface area contributed by atoms with Crippen LogP contribution >= 0.6 is 22.7 Å². The normalized spacial score (nSPS) is 13.3. The third kappa shape index (κ3) is 2.13. The molecule has 0 spiro atoms. The first kappa shape index (κ1) is 11.0. The van der Waals surface area contributed by atoms with Gasteiger partial charge < -0.3 is 5.11 Å². The van der Waals surface area contributed by atoms with Crippen LogP contribution < -0.4 is 0 Å². The molecule has 3 aromatic heterocycles. The topological polar surface area (TPSA) is 37.5 Å². The summed E-state index contributed by atoms with van der Waals surface area (Å²) < 4.78 is 1.99. The summed E-state index contributed by atoms with van der Waals surface area (Å²) in [6.07, 6.45) is 4.10. The molecule has 0 aliphatic carbocycles. The average molecular weight is 264 g/mol. The van der Waals surface area contributed by atoms with E-state index in [2.05, 4.69) is 4.98 Å². The van der Waals surface area contributed by atoms with Gasteiger partial charge in [0.15, 0.2) is 4.96 Å². The monoisotopic (exact) mass is 264 g/mol. The van der Waals surface area contributed by atoms with Crippen LogP contribution in [0.15, 0.2) is 29.9 Å². The number of rotatable bonds is 3. The van der Waals surface area contributed by atoms with Crippen LogP contribution in [0.3, 0.4) is 0 Å². The Hall–Kier alpha value is -1.17. The van der Waals surface area contributed by atoms with Crippen LogP contribution in [0.5, 0.6) is 0 Å². The van der Waals surface area contributed by atoms with E-state index >= 15 is 0 Å². The van der Waals surface area contributed by atoms with Gasteiger partial charge in [0.25, 0.3) is 0 Å². The Balaban J connectivity index is 1.80. The van der Waals surface area contributed by atoms with Crippen LogP contribution in [0.4, 0.5) is 0 Å². The molecule has 3 nitrogen and oxygen atoms in total. The van der Waals surface area contributed by atoms with Gasteiger partial charge in [-0.05, 0) is 19.1 Å². The van der Waals surface area contributed by atoms with E-state index < -0.39 is 6.10 Å². The molecule has 0 amide bonds. The maximum Gasteiger partial charge on any atom is 0.193 e. The molecule has 1 unspecified atom stereocenters. The Morgan fingerprint density at radius 2 is 2.35 bits per heavy atom. The molecular weight excluding hydrogens is 252 g/mol. The molecule has 0 aliphatic rings. The van der Waals surface area contributed by atoms with Gasteiger partial charge in [-0.25, -0.2) is 4.98 Å². The van der Waals surface area contributed by atoms with E-state index in [9.17, 15) is 5.11 Å². The van der Waals surface area contributed by atoms with Gasteiger partial charge in [0.2, 0.25) is 0 Å². The van der Waals surface area contributed by atoms with Gasteiger partial charge in [-0.3, -0.25) is 4.40 Å². The van der Waals surface area contributed by atoms with Crippen LogP contribution in [0, 0.1) is 6.92 Å². The number of hydrogen-bond donors (Lipinski definition) is 1. The number of thiophene rings is 1. The summed E-state index contributed by atoms with van der Waals surface area (Å²) in [7, 11) is 0. The molecule has 0 bridgehead atoms. The van der Waals surface area contributed by atoms with E-state index in [1.807, 2.05) is 41.2 Å². The van der Waals surface area contributed by atoms with Crippen molar-refractivity contribution in [2.75, 3.05) is 0 Å². The van der Waals surface area contributed by atoms with Gasteiger partial charge in [-0.15, -0.1) is 22.7 Å². The van der Waals surface area contributed by atoms with E-state index in [1.165, 1.54) is 4.88 Å². The zero-order chi connectivity index (χ0) is 11.8. The van der Waals surface area contributed by atoms with E-state index in [-0.39, 0.29) is 0 Å². The predicted octanol–water partition coefficient (Wildman–Crippen LogP) is 3.04. The number of aliphatic hydroxyl groups is 1. The molecule has 0 saturated carbocycles. The maximum atomic E-state index is 10.1. The lowest BCUT2D eigenvalue weighted by molar-refractivity contribution is 0.181. The molecule has 1 atom stereocenters. The molecule has 0 radical (unpaired) electrons. The second-order valence-electron chi connectivity index (χ2n) is 3.99. The summed E-state index contributed by atoms with van der Waals surface area (Å²) in [5, 5.41) is 12.1. The standard InChI is InChI=1S/C12H12N2OS2/c1-8-2-3-11(17-8)10(15)6-9-7-14-4-5-16-12(14)13-9/h2-5,7,10,15H,6H2,1H3. The fourth-order valence-electron chi connectivity index (χ4n) is 1.81. The second-order valence-corrected chi connectivity index (χ2v) is 6.19. The second kappa shape index (κ2) is 4.25. The van der Waals surface area contributed by atoms with Gasteiger partial charge in [-0.1, -0.05) is 0 Å². The van der Waals surface area contributed by atoms with E-state index in [4.69, 9.17) is 0 Å². The number of aromatic nitrogens is 2. The maximum absolute atomic E-state index is 10.1. The first-order valence-electron chi connectivity index (χ1n) is 5.38. The third-order valence-electron chi connectivity index (χ3n) is 2.64. The Bertz CT molecular complexity index is 609. The molecule has 3 heterocycles. The van der Waals surface area contributed by atoms with Crippen LogP contribution in [0.25, 0.3) is 4.96 Å². The number of thiazole rings is 1. The summed E-state index contributed by atoms with van der Waals surface area (Å²) in [5.74, 6) is 0. The highest BCUT2D eigenvalue weighted by Gasteiger charge is 2.13. The number of hydrogen-bond acceptors (Lipinski definition) is 4. The molecule has 88 valence electrons. The SMILES string of the molecule is Cc1ccc(C(O)Cc2cn3ccsc3n2)s1. The minimum atomic E-state index is -0.446. The summed E-state index contributed by atoms with van der Waals surface area (Å²) in [6.45, 7) is 2.05. The van der Waals surface area contributed by atoms with Gasteiger partial charge in [0.05, 0.1) is 11.8 Å². The lowest BCUT2D eigenvalue weighted by Crippen LogP contribution is -1.99. The highest BCUT2D eigenvalue weighted by atomic mass is 32.1. The lowest BCUT2D eigenvalue weighted by Gasteiger charge is -2.05. The van der Waals surface area contributed by atoms with Crippen molar-refractivity contribution in [3.63, 3.8) is 0 Å². The molecule has 17 heavy (non-hydrogen) atoms. The van der Waals surface area contributed by atoms with Crippen LogP contribution in [-0.2, 0) is 6.42 Å². The zero-order valence-electron chi connectivity index (χ0n) is 9.33. The van der Waals surface area contributed by atoms with Crippen molar-refractivity contribution in [1.29, 1.82) is 0 Å². The Labute approximate surface area is 107 Å². The molecule has 1 N–H and O–H groups in total. The minimum absolute atomic E-state index is 0.446. The van der Waals surface area contributed by atoms with Crippen molar-refractivity contribution in [2.45, 2.75) is 19.4 Å². The quantitative estimate of drug-likeness (QED) is 0.789. The Morgan fingerprint density at radius 3 is 3.06 bits per heavy atom. The van der Waals surface area contributed by atoms with Gasteiger partial charge in [-0.2, -0.15) is 0 Å². The van der Waals surface area contributed by atoms with Crippen molar-refractivity contribution in [2.24, 2.45) is 0 Å². The van der Waals surface area contributed by atoms with Crippen LogP contribution in [0.2, 0.25) is 0 Å². The van der Waals surface area contributed by atoms with E-state index in [0.717, 1.165) is 15.5 Å². The molecule has 3 rings (SSSR count). The number of aryl methyl sites for hydroxylation is 1. The predicted molar refractivity (Wildman–Crippen MR) is 70.8 cm³/mol. The van der Waals surface area contributed by atoms with Gasteiger partial charge in [0.1, 0.15) is 0 Å². The van der Waals surface area contributed by atoms with Crippen LogP contribution in [0.1, 0.15) is 21.6 Å². The number of fused-ring (bicyclic) bond motifs is 1. The smallest absolute Gasteiger partial charge is 0.193 e. The number of imidazole rings is 1. The first-order valence-corrected chi connectivity index (χ1v) is 7.07. The highest BCUT2D eigenvalue weighted by Crippen LogP contribution is 2.25. The Kier molecular flexibility index (Phi) is 2.74. The minimum Gasteiger partial charge on any atom is -0.387 e. The molecular formula is C12H12N2OS2. The summed E-state index contributed by atoms with van der Waals surface area (Å²) >= 11 is 3.25. The van der Waals surface area contributed by atoms with Crippen molar-refractivity contribution >= 4 is 27.6 Å². The largest absolute Gasteiger partial charge is 0.387 e. The fourth-order valence-corrected chi connectivity index (χ4v) is 3.39. The van der Waals surface area contributed by atoms with Crippen molar-refractivity contribution in [3.8, 4) is 0 Å². The first-order chi connectivity index (χ1) is 8.22.